The quantitative estimate of drug-likeness (QED) is 0.291. The SMILES string of the molecule is BB/C(=C/C=C)OC=C. The molecule has 46 valence electrons. The molecule has 9 heavy (non-hydrogen) atoms. The van der Waals surface area contributed by atoms with Gasteiger partial charge in [0.25, 0.3) is 0 Å². The lowest BCUT2D eigenvalue weighted by Gasteiger charge is -1.98. The summed E-state index contributed by atoms with van der Waals surface area (Å²) in [5.74, 6) is 0. The highest BCUT2D eigenvalue weighted by Gasteiger charge is 1.88. The van der Waals surface area contributed by atoms with Gasteiger partial charge in [0.05, 0.1) is 14.0 Å². The van der Waals surface area contributed by atoms with Crippen LogP contribution >= 0.6 is 0 Å². The van der Waals surface area contributed by atoms with Crippen LogP contribution in [0.1, 0.15) is 0 Å². The number of allylic oxidation sites excluding steroid dienone is 2. The summed E-state index contributed by atoms with van der Waals surface area (Å²) in [4.78, 5) is 0. The summed E-state index contributed by atoms with van der Waals surface area (Å²) in [5.41, 5.74) is 0.889. The number of rotatable bonds is 4. The predicted octanol–water partition coefficient (Wildman–Crippen LogP) is 0.158. The standard InChI is InChI=1S/C6H10B2O/c1-3-5-6(8-7)9-4-2/h3-5,8H,1-2,7H2/b6-5-. The van der Waals surface area contributed by atoms with Gasteiger partial charge in [-0.2, -0.15) is 0 Å². The maximum atomic E-state index is 4.99. The first-order chi connectivity index (χ1) is 4.35. The molecule has 0 radical (unpaired) electrons. The molecule has 0 amide bonds. The van der Waals surface area contributed by atoms with Crippen LogP contribution in [0.2, 0.25) is 0 Å². The van der Waals surface area contributed by atoms with Crippen molar-refractivity contribution in [3.63, 3.8) is 0 Å². The van der Waals surface area contributed by atoms with Gasteiger partial charge in [0.1, 0.15) is 0 Å². The van der Waals surface area contributed by atoms with Crippen LogP contribution in [0.4, 0.5) is 0 Å². The van der Waals surface area contributed by atoms with E-state index in [1.165, 1.54) is 6.26 Å². The van der Waals surface area contributed by atoms with Crippen LogP contribution in [0.5, 0.6) is 0 Å². The van der Waals surface area contributed by atoms with E-state index in [1.807, 2.05) is 13.8 Å². The minimum Gasteiger partial charge on any atom is -0.481 e. The zero-order valence-electron chi connectivity index (χ0n) is 5.76. The third kappa shape index (κ3) is 3.71. The summed E-state index contributed by atoms with van der Waals surface area (Å²) < 4.78 is 4.99. The van der Waals surface area contributed by atoms with Gasteiger partial charge in [0.15, 0.2) is 7.17 Å². The lowest BCUT2D eigenvalue weighted by Crippen LogP contribution is -1.96. The van der Waals surface area contributed by atoms with E-state index >= 15 is 0 Å². The Morgan fingerprint density at radius 2 is 2.22 bits per heavy atom. The van der Waals surface area contributed by atoms with Crippen LogP contribution in [0.25, 0.3) is 0 Å². The Morgan fingerprint density at radius 3 is 2.56 bits per heavy atom. The maximum Gasteiger partial charge on any atom is 0.165 e. The second-order valence-corrected chi connectivity index (χ2v) is 1.51. The van der Waals surface area contributed by atoms with Crippen LogP contribution in [0, 0.1) is 0 Å². The van der Waals surface area contributed by atoms with Crippen molar-refractivity contribution in [3.8, 4) is 0 Å². The summed E-state index contributed by atoms with van der Waals surface area (Å²) in [6, 6.07) is 0. The van der Waals surface area contributed by atoms with Crippen molar-refractivity contribution in [1.29, 1.82) is 0 Å². The molecule has 3 heteroatoms. The van der Waals surface area contributed by atoms with Crippen LogP contribution in [-0.4, -0.2) is 14.9 Å². The minimum absolute atomic E-state index is 0.873. The predicted molar refractivity (Wildman–Crippen MR) is 45.3 cm³/mol. The van der Waals surface area contributed by atoms with Crippen molar-refractivity contribution < 1.29 is 4.74 Å². The molecular formula is C6H10B2O. The van der Waals surface area contributed by atoms with Gasteiger partial charge in [-0.15, -0.1) is 0 Å². The molecule has 0 saturated carbocycles. The smallest absolute Gasteiger partial charge is 0.165 e. The van der Waals surface area contributed by atoms with Crippen molar-refractivity contribution >= 4 is 14.9 Å². The summed E-state index contributed by atoms with van der Waals surface area (Å²) in [5, 5.41) is 0. The van der Waals surface area contributed by atoms with Gasteiger partial charge in [-0.1, -0.05) is 19.2 Å². The topological polar surface area (TPSA) is 9.23 Å². The normalized spacial score (nSPS) is 10.0. The molecular weight excluding hydrogens is 110 g/mol. The molecule has 0 aromatic heterocycles. The fraction of sp³-hybridized carbons (Fsp3) is 0. The van der Waals surface area contributed by atoms with Gasteiger partial charge in [-0.05, 0) is 6.08 Å². The average molecular weight is 120 g/mol. The van der Waals surface area contributed by atoms with Crippen molar-refractivity contribution in [2.75, 3.05) is 0 Å². The Balaban J connectivity index is 3.79. The highest BCUT2D eigenvalue weighted by Crippen LogP contribution is 1.92. The summed E-state index contributed by atoms with van der Waals surface area (Å²) in [7, 11) is 2.89. The summed E-state index contributed by atoms with van der Waals surface area (Å²) in [6.45, 7) is 6.97. The highest BCUT2D eigenvalue weighted by molar-refractivity contribution is 6.93. The van der Waals surface area contributed by atoms with Gasteiger partial charge in [-0.25, -0.2) is 0 Å². The molecule has 0 saturated heterocycles. The fourth-order valence-corrected chi connectivity index (χ4v) is 0.479. The molecule has 0 rings (SSSR count). The second kappa shape index (κ2) is 5.29. The monoisotopic (exact) mass is 120 g/mol. The Bertz CT molecular complexity index is 129. The van der Waals surface area contributed by atoms with E-state index in [0.717, 1.165) is 12.8 Å². The van der Waals surface area contributed by atoms with Crippen LogP contribution in [-0.2, 0) is 4.74 Å². The average Bonchev–Trinajstić information content (AvgIpc) is 1.88. The molecule has 0 bridgehead atoms. The van der Waals surface area contributed by atoms with Crippen LogP contribution in [0.15, 0.2) is 37.2 Å². The van der Waals surface area contributed by atoms with Crippen LogP contribution in [0.3, 0.4) is 0 Å². The molecule has 0 aromatic rings. The molecule has 0 heterocycles. The first-order valence-electron chi connectivity index (χ1n) is 2.94. The highest BCUT2D eigenvalue weighted by atomic mass is 16.5. The Labute approximate surface area is 57.7 Å². The Hall–Kier alpha value is -0.850. The number of ether oxygens (including phenoxy) is 1. The summed E-state index contributed by atoms with van der Waals surface area (Å²) >= 11 is 0. The Morgan fingerprint density at radius 1 is 1.56 bits per heavy atom. The van der Waals surface area contributed by atoms with Crippen molar-refractivity contribution in [2.24, 2.45) is 0 Å². The first kappa shape index (κ1) is 8.15. The first-order valence-corrected chi connectivity index (χ1v) is 2.94. The van der Waals surface area contributed by atoms with Crippen molar-refractivity contribution in [3.05, 3.63) is 37.2 Å². The van der Waals surface area contributed by atoms with E-state index in [-0.39, 0.29) is 0 Å². The zero-order valence-corrected chi connectivity index (χ0v) is 5.76. The molecule has 0 N–H and O–H groups in total. The second-order valence-electron chi connectivity index (χ2n) is 1.51. The third-order valence-electron chi connectivity index (χ3n) is 0.887. The van der Waals surface area contributed by atoms with Gasteiger partial charge in [-0.3, -0.25) is 0 Å². The Kier molecular flexibility index (Phi) is 4.79. The van der Waals surface area contributed by atoms with Gasteiger partial charge in [0.2, 0.25) is 0 Å². The molecule has 0 aliphatic carbocycles. The van der Waals surface area contributed by atoms with E-state index in [1.54, 1.807) is 6.08 Å². The minimum atomic E-state index is 0.873. The molecule has 0 spiro atoms. The lowest BCUT2D eigenvalue weighted by atomic mass is 9.54. The zero-order chi connectivity index (χ0) is 7.11. The maximum absolute atomic E-state index is 4.99. The van der Waals surface area contributed by atoms with Gasteiger partial charge < -0.3 is 4.74 Å². The molecule has 0 aliphatic heterocycles. The van der Waals surface area contributed by atoms with Crippen LogP contribution < -0.4 is 0 Å². The van der Waals surface area contributed by atoms with Gasteiger partial charge >= 0.3 is 0 Å². The van der Waals surface area contributed by atoms with Gasteiger partial charge in [0, 0.05) is 5.66 Å². The van der Waals surface area contributed by atoms with E-state index in [4.69, 9.17) is 4.74 Å². The van der Waals surface area contributed by atoms with Crippen molar-refractivity contribution in [1.82, 2.24) is 0 Å². The molecule has 0 aliphatic rings. The molecule has 0 fully saturated rings. The lowest BCUT2D eigenvalue weighted by molar-refractivity contribution is 0.386. The largest absolute Gasteiger partial charge is 0.481 e. The van der Waals surface area contributed by atoms with Crippen molar-refractivity contribution in [2.45, 2.75) is 0 Å². The van der Waals surface area contributed by atoms with E-state index in [9.17, 15) is 0 Å². The van der Waals surface area contributed by atoms with E-state index < -0.39 is 0 Å². The van der Waals surface area contributed by atoms with E-state index in [2.05, 4.69) is 13.2 Å². The number of hydrogen-bond acceptors (Lipinski definition) is 1. The molecule has 1 nitrogen and oxygen atoms in total. The van der Waals surface area contributed by atoms with E-state index in [0.29, 0.717) is 0 Å². The number of hydrogen-bond donors (Lipinski definition) is 0. The molecule has 0 unspecified atom stereocenters. The molecule has 0 atom stereocenters. The third-order valence-corrected chi connectivity index (χ3v) is 0.887. The summed E-state index contributed by atoms with van der Waals surface area (Å²) in [6.07, 6.45) is 4.93. The molecule has 0 aromatic carbocycles. The fourth-order valence-electron chi connectivity index (χ4n) is 0.479.